The first-order chi connectivity index (χ1) is 12.4. The maximum atomic E-state index is 12.4. The van der Waals surface area contributed by atoms with Crippen LogP contribution in [0.2, 0.25) is 10.0 Å². The molecule has 1 amide bonds. The molecule has 26 heavy (non-hydrogen) atoms. The van der Waals surface area contributed by atoms with Crippen molar-refractivity contribution in [2.45, 2.75) is 31.8 Å². The van der Waals surface area contributed by atoms with Crippen molar-refractivity contribution < 1.29 is 14.5 Å². The lowest BCUT2D eigenvalue weighted by Gasteiger charge is -2.15. The van der Waals surface area contributed by atoms with Gasteiger partial charge in [-0.15, -0.1) is 0 Å². The minimum Gasteiger partial charge on any atom is -0.489 e. The molecule has 0 heterocycles. The Balaban J connectivity index is 1.71. The number of halogens is 2. The molecular formula is C18H16Cl2N2O4. The summed E-state index contributed by atoms with van der Waals surface area (Å²) in [6, 6.07) is 8.69. The third-order valence-electron chi connectivity index (χ3n) is 4.19. The van der Waals surface area contributed by atoms with E-state index in [1.54, 1.807) is 18.2 Å². The highest BCUT2D eigenvalue weighted by molar-refractivity contribution is 6.35. The van der Waals surface area contributed by atoms with Crippen LogP contribution in [0.5, 0.6) is 5.75 Å². The van der Waals surface area contributed by atoms with Gasteiger partial charge in [0.2, 0.25) is 0 Å². The van der Waals surface area contributed by atoms with Gasteiger partial charge in [0.1, 0.15) is 5.75 Å². The number of amides is 1. The summed E-state index contributed by atoms with van der Waals surface area (Å²) in [7, 11) is 0. The number of anilines is 1. The van der Waals surface area contributed by atoms with Gasteiger partial charge in [0.15, 0.2) is 0 Å². The largest absolute Gasteiger partial charge is 0.489 e. The Hall–Kier alpha value is -2.31. The molecule has 0 radical (unpaired) electrons. The number of nitrogens with one attached hydrogen (secondary N) is 1. The Morgan fingerprint density at radius 1 is 1.12 bits per heavy atom. The Morgan fingerprint density at radius 3 is 2.46 bits per heavy atom. The normalized spacial score (nSPS) is 14.2. The summed E-state index contributed by atoms with van der Waals surface area (Å²) in [6.45, 7) is 0. The lowest BCUT2D eigenvalue weighted by molar-refractivity contribution is -0.384. The number of rotatable bonds is 5. The van der Waals surface area contributed by atoms with Crippen molar-refractivity contribution in [3.8, 4) is 5.75 Å². The van der Waals surface area contributed by atoms with Crippen LogP contribution in [0, 0.1) is 10.1 Å². The number of hydrogen-bond acceptors (Lipinski definition) is 4. The summed E-state index contributed by atoms with van der Waals surface area (Å²) < 4.78 is 5.88. The zero-order valence-corrected chi connectivity index (χ0v) is 15.2. The number of nitro benzene ring substituents is 1. The van der Waals surface area contributed by atoms with Crippen LogP contribution >= 0.6 is 23.2 Å². The van der Waals surface area contributed by atoms with E-state index in [4.69, 9.17) is 27.9 Å². The van der Waals surface area contributed by atoms with E-state index in [1.165, 1.54) is 12.1 Å². The van der Waals surface area contributed by atoms with Crippen molar-refractivity contribution in [3.63, 3.8) is 0 Å². The second-order valence-corrected chi connectivity index (χ2v) is 6.86. The molecule has 2 aromatic carbocycles. The molecule has 1 fully saturated rings. The van der Waals surface area contributed by atoms with E-state index >= 15 is 0 Å². The van der Waals surface area contributed by atoms with Crippen molar-refractivity contribution in [3.05, 3.63) is 62.1 Å². The van der Waals surface area contributed by atoms with Crippen molar-refractivity contribution in [2.75, 3.05) is 5.32 Å². The fraction of sp³-hybridized carbons (Fsp3) is 0.278. The molecule has 0 bridgehead atoms. The zero-order valence-electron chi connectivity index (χ0n) is 13.7. The predicted octanol–water partition coefficient (Wildman–Crippen LogP) is 5.48. The molecule has 3 rings (SSSR count). The van der Waals surface area contributed by atoms with Crippen molar-refractivity contribution in [1.82, 2.24) is 0 Å². The molecule has 0 aliphatic heterocycles. The van der Waals surface area contributed by atoms with Crippen molar-refractivity contribution in [2.24, 2.45) is 0 Å². The number of ether oxygens (including phenoxy) is 1. The van der Waals surface area contributed by atoms with Gasteiger partial charge < -0.3 is 10.1 Å². The van der Waals surface area contributed by atoms with E-state index in [9.17, 15) is 14.9 Å². The Morgan fingerprint density at radius 2 is 1.85 bits per heavy atom. The number of nitro groups is 1. The lowest BCUT2D eigenvalue weighted by Crippen LogP contribution is -2.13. The van der Waals surface area contributed by atoms with E-state index in [-0.39, 0.29) is 22.4 Å². The summed E-state index contributed by atoms with van der Waals surface area (Å²) in [6.07, 6.45) is 4.55. The molecule has 0 unspecified atom stereocenters. The maximum absolute atomic E-state index is 12.4. The summed E-state index contributed by atoms with van der Waals surface area (Å²) in [4.78, 5) is 22.5. The van der Waals surface area contributed by atoms with Gasteiger partial charge in [0, 0.05) is 17.8 Å². The van der Waals surface area contributed by atoms with E-state index in [2.05, 4.69) is 5.32 Å². The summed E-state index contributed by atoms with van der Waals surface area (Å²) >= 11 is 12.2. The monoisotopic (exact) mass is 394 g/mol. The second kappa shape index (κ2) is 7.93. The minimum atomic E-state index is -0.573. The van der Waals surface area contributed by atoms with Gasteiger partial charge in [-0.3, -0.25) is 14.9 Å². The second-order valence-electron chi connectivity index (χ2n) is 6.04. The topological polar surface area (TPSA) is 81.5 Å². The molecule has 136 valence electrons. The Kier molecular flexibility index (Phi) is 5.64. The molecule has 6 nitrogen and oxygen atoms in total. The molecular weight excluding hydrogens is 379 g/mol. The molecule has 1 N–H and O–H groups in total. The van der Waals surface area contributed by atoms with Crippen LogP contribution in [0.3, 0.4) is 0 Å². The van der Waals surface area contributed by atoms with Crippen LogP contribution in [0.25, 0.3) is 0 Å². The Labute approximate surface area is 160 Å². The molecule has 1 aliphatic rings. The van der Waals surface area contributed by atoms with Gasteiger partial charge in [0.05, 0.1) is 26.6 Å². The van der Waals surface area contributed by atoms with Crippen molar-refractivity contribution in [1.29, 1.82) is 0 Å². The van der Waals surface area contributed by atoms with Gasteiger partial charge in [-0.05, 0) is 49.9 Å². The van der Waals surface area contributed by atoms with Crippen LogP contribution < -0.4 is 10.1 Å². The minimum absolute atomic E-state index is 0.00369. The number of benzene rings is 2. The molecule has 1 aliphatic carbocycles. The maximum Gasteiger partial charge on any atom is 0.270 e. The van der Waals surface area contributed by atoms with Gasteiger partial charge in [-0.25, -0.2) is 0 Å². The van der Waals surface area contributed by atoms with Gasteiger partial charge in [-0.1, -0.05) is 23.2 Å². The first-order valence-electron chi connectivity index (χ1n) is 8.15. The average molecular weight is 395 g/mol. The lowest BCUT2D eigenvalue weighted by atomic mass is 10.2. The highest BCUT2D eigenvalue weighted by Crippen LogP contribution is 2.32. The van der Waals surface area contributed by atoms with Gasteiger partial charge in [-0.2, -0.15) is 0 Å². The van der Waals surface area contributed by atoms with Gasteiger partial charge in [0.25, 0.3) is 11.6 Å². The number of carbonyl (C=O) groups excluding carboxylic acids is 1. The van der Waals surface area contributed by atoms with Crippen molar-refractivity contribution >= 4 is 40.5 Å². The van der Waals surface area contributed by atoms with Crippen LogP contribution in [-0.4, -0.2) is 16.9 Å². The fourth-order valence-corrected chi connectivity index (χ4v) is 3.35. The number of non-ortho nitro benzene ring substituents is 1. The molecule has 0 atom stereocenters. The summed E-state index contributed by atoms with van der Waals surface area (Å²) in [5.41, 5.74) is 0.441. The number of carbonyl (C=O) groups is 1. The zero-order chi connectivity index (χ0) is 18.7. The highest BCUT2D eigenvalue weighted by atomic mass is 35.5. The SMILES string of the molecule is O=C(Nc1ccc(OC2CCCC2)c(Cl)c1)c1ccc([N+](=O)[O-])cc1Cl. The molecule has 0 saturated heterocycles. The molecule has 2 aromatic rings. The first-order valence-corrected chi connectivity index (χ1v) is 8.91. The molecule has 8 heteroatoms. The summed E-state index contributed by atoms with van der Waals surface area (Å²) in [5.74, 6) is 0.107. The van der Waals surface area contributed by atoms with Crippen LogP contribution in [0.1, 0.15) is 36.0 Å². The van der Waals surface area contributed by atoms with E-state index in [0.29, 0.717) is 16.5 Å². The van der Waals surface area contributed by atoms with Crippen LogP contribution in [-0.2, 0) is 0 Å². The molecule has 0 spiro atoms. The third kappa shape index (κ3) is 4.26. The highest BCUT2D eigenvalue weighted by Gasteiger charge is 2.19. The van der Waals surface area contributed by atoms with Crippen LogP contribution in [0.15, 0.2) is 36.4 Å². The van der Waals surface area contributed by atoms with Gasteiger partial charge >= 0.3 is 0 Å². The standard InChI is InChI=1S/C18H16Cl2N2O4/c19-15-10-12(22(24)25)6-7-14(15)18(23)21-11-5-8-17(16(20)9-11)26-13-3-1-2-4-13/h5-10,13H,1-4H2,(H,21,23). The van der Waals surface area contributed by atoms with E-state index in [0.717, 1.165) is 31.7 Å². The predicted molar refractivity (Wildman–Crippen MR) is 100 cm³/mol. The van der Waals surface area contributed by atoms with Crippen LogP contribution in [0.4, 0.5) is 11.4 Å². The first kappa shape index (κ1) is 18.5. The fourth-order valence-electron chi connectivity index (χ4n) is 2.86. The quantitative estimate of drug-likeness (QED) is 0.537. The smallest absolute Gasteiger partial charge is 0.270 e. The Bertz CT molecular complexity index is 851. The summed E-state index contributed by atoms with van der Waals surface area (Å²) in [5, 5.41) is 13.8. The van der Waals surface area contributed by atoms with E-state index < -0.39 is 10.8 Å². The third-order valence-corrected chi connectivity index (χ3v) is 4.80. The molecule has 0 aromatic heterocycles. The average Bonchev–Trinajstić information content (AvgIpc) is 3.10. The molecule has 1 saturated carbocycles. The number of hydrogen-bond donors (Lipinski definition) is 1. The van der Waals surface area contributed by atoms with E-state index in [1.807, 2.05) is 0 Å². The number of nitrogens with zero attached hydrogens (tertiary/aromatic N) is 1.